The van der Waals surface area contributed by atoms with Gasteiger partial charge in [0.15, 0.2) is 5.78 Å². The van der Waals surface area contributed by atoms with E-state index in [0.717, 1.165) is 0 Å². The molecule has 0 saturated carbocycles. The Hall–Kier alpha value is -1.55. The summed E-state index contributed by atoms with van der Waals surface area (Å²) in [6.07, 6.45) is 0.551. The molecule has 1 aromatic rings. The van der Waals surface area contributed by atoms with Crippen LogP contribution in [0, 0.1) is 0 Å². The molecule has 0 bridgehead atoms. The lowest BCUT2D eigenvalue weighted by molar-refractivity contribution is 0.0960. The van der Waals surface area contributed by atoms with E-state index in [-0.39, 0.29) is 5.78 Å². The van der Waals surface area contributed by atoms with Crippen LogP contribution in [0.5, 0.6) is 11.5 Å². The van der Waals surface area contributed by atoms with E-state index in [4.69, 9.17) is 15.2 Å². The predicted octanol–water partition coefficient (Wildman–Crippen LogP) is 0.988. The molecule has 0 radical (unpaired) electrons. The minimum atomic E-state index is -0.474. The molecule has 1 unspecified atom stereocenters. The van der Waals surface area contributed by atoms with E-state index in [1.807, 2.05) is 0 Å². The maximum atomic E-state index is 11.8. The average Bonchev–Trinajstić information content (AvgIpc) is 2.40. The molecular weight excluding hydrogens is 194 g/mol. The Balaban J connectivity index is 2.46. The zero-order chi connectivity index (χ0) is 10.8. The normalized spacial score (nSPS) is 20.1. The summed E-state index contributed by atoms with van der Waals surface area (Å²) in [5.41, 5.74) is 6.23. The van der Waals surface area contributed by atoms with Crippen molar-refractivity contribution >= 4 is 5.78 Å². The van der Waals surface area contributed by atoms with Gasteiger partial charge in [-0.15, -0.1) is 0 Å². The van der Waals surface area contributed by atoms with Crippen LogP contribution in [0.3, 0.4) is 0 Å². The fourth-order valence-electron chi connectivity index (χ4n) is 1.58. The van der Waals surface area contributed by atoms with Gasteiger partial charge >= 0.3 is 0 Å². The minimum absolute atomic E-state index is 0.0820. The summed E-state index contributed by atoms with van der Waals surface area (Å²) in [6.45, 7) is 0.478. The van der Waals surface area contributed by atoms with Crippen LogP contribution in [-0.4, -0.2) is 25.5 Å². The van der Waals surface area contributed by atoms with Gasteiger partial charge in [-0.25, -0.2) is 0 Å². The number of ether oxygens (including phenoxy) is 2. The van der Waals surface area contributed by atoms with E-state index in [1.165, 1.54) is 0 Å². The van der Waals surface area contributed by atoms with Crippen LogP contribution in [0.2, 0.25) is 0 Å². The molecule has 1 aromatic carbocycles. The molecule has 4 nitrogen and oxygen atoms in total. The first-order chi connectivity index (χ1) is 7.22. The first-order valence-electron chi connectivity index (χ1n) is 4.83. The van der Waals surface area contributed by atoms with Gasteiger partial charge < -0.3 is 15.2 Å². The molecule has 0 aliphatic carbocycles. The van der Waals surface area contributed by atoms with Crippen LogP contribution in [-0.2, 0) is 0 Å². The highest BCUT2D eigenvalue weighted by Crippen LogP contribution is 2.27. The largest absolute Gasteiger partial charge is 0.497 e. The molecule has 1 aliphatic rings. The highest BCUT2D eigenvalue weighted by Gasteiger charge is 2.23. The van der Waals surface area contributed by atoms with Gasteiger partial charge in [0.05, 0.1) is 25.3 Å². The molecule has 80 valence electrons. The average molecular weight is 207 g/mol. The van der Waals surface area contributed by atoms with Gasteiger partial charge in [-0.1, -0.05) is 0 Å². The Labute approximate surface area is 88.0 Å². The topological polar surface area (TPSA) is 61.5 Å². The van der Waals surface area contributed by atoms with Crippen molar-refractivity contribution in [1.29, 1.82) is 0 Å². The van der Waals surface area contributed by atoms with Crippen molar-refractivity contribution in [3.63, 3.8) is 0 Å². The number of Topliss-reactive ketones (excluding diaryl/α,β-unsaturated/α-hetero) is 1. The molecule has 0 saturated heterocycles. The maximum Gasteiger partial charge on any atom is 0.183 e. The molecule has 2 N–H and O–H groups in total. The number of nitrogens with two attached hydrogens (primary N) is 1. The van der Waals surface area contributed by atoms with E-state index in [0.29, 0.717) is 30.1 Å². The van der Waals surface area contributed by atoms with Crippen molar-refractivity contribution in [2.24, 2.45) is 5.73 Å². The number of ketones is 1. The zero-order valence-corrected chi connectivity index (χ0v) is 8.53. The molecule has 0 spiro atoms. The summed E-state index contributed by atoms with van der Waals surface area (Å²) in [5.74, 6) is 1.15. The second-order valence-electron chi connectivity index (χ2n) is 3.47. The number of benzene rings is 1. The van der Waals surface area contributed by atoms with Crippen molar-refractivity contribution in [3.8, 4) is 11.5 Å². The Morgan fingerprint density at radius 3 is 3.07 bits per heavy atom. The predicted molar refractivity (Wildman–Crippen MR) is 55.4 cm³/mol. The number of hydrogen-bond donors (Lipinski definition) is 1. The van der Waals surface area contributed by atoms with E-state index < -0.39 is 6.04 Å². The van der Waals surface area contributed by atoms with Crippen LogP contribution >= 0.6 is 0 Å². The SMILES string of the molecule is COc1ccc2c(c1)C(=O)C(N)CCO2. The molecule has 15 heavy (non-hydrogen) atoms. The van der Waals surface area contributed by atoms with Gasteiger partial charge in [0.25, 0.3) is 0 Å². The Morgan fingerprint density at radius 1 is 1.53 bits per heavy atom. The zero-order valence-electron chi connectivity index (χ0n) is 8.53. The van der Waals surface area contributed by atoms with Gasteiger partial charge in [-0.3, -0.25) is 4.79 Å². The first-order valence-corrected chi connectivity index (χ1v) is 4.83. The second kappa shape index (κ2) is 3.90. The number of carbonyl (C=O) groups is 1. The summed E-state index contributed by atoms with van der Waals surface area (Å²) in [7, 11) is 1.56. The lowest BCUT2D eigenvalue weighted by atomic mass is 10.0. The molecule has 2 rings (SSSR count). The fourth-order valence-corrected chi connectivity index (χ4v) is 1.58. The number of fused-ring (bicyclic) bond motifs is 1. The molecule has 0 amide bonds. The van der Waals surface area contributed by atoms with E-state index >= 15 is 0 Å². The third-order valence-electron chi connectivity index (χ3n) is 2.48. The summed E-state index contributed by atoms with van der Waals surface area (Å²) < 4.78 is 10.5. The van der Waals surface area contributed by atoms with Crippen LogP contribution in [0.25, 0.3) is 0 Å². The number of carbonyl (C=O) groups excluding carboxylic acids is 1. The first kappa shape index (κ1) is 9.98. The summed E-state index contributed by atoms with van der Waals surface area (Å²) in [6, 6.07) is 4.70. The van der Waals surface area contributed by atoms with Gasteiger partial charge in [-0.05, 0) is 18.2 Å². The molecule has 1 heterocycles. The minimum Gasteiger partial charge on any atom is -0.497 e. The van der Waals surface area contributed by atoms with Gasteiger partial charge in [0.2, 0.25) is 0 Å². The molecule has 0 fully saturated rings. The highest BCUT2D eigenvalue weighted by atomic mass is 16.5. The van der Waals surface area contributed by atoms with E-state index in [1.54, 1.807) is 25.3 Å². The Bertz CT molecular complexity index is 389. The molecule has 1 aliphatic heterocycles. The Kier molecular flexibility index (Phi) is 2.60. The van der Waals surface area contributed by atoms with Gasteiger partial charge in [-0.2, -0.15) is 0 Å². The molecule has 4 heteroatoms. The summed E-state index contributed by atoms with van der Waals surface area (Å²) in [5, 5.41) is 0. The highest BCUT2D eigenvalue weighted by molar-refractivity contribution is 6.02. The molecular formula is C11H13NO3. The van der Waals surface area contributed by atoms with Crippen LogP contribution in [0.1, 0.15) is 16.8 Å². The van der Waals surface area contributed by atoms with Crippen molar-refractivity contribution in [2.75, 3.05) is 13.7 Å². The van der Waals surface area contributed by atoms with Crippen molar-refractivity contribution in [2.45, 2.75) is 12.5 Å². The van der Waals surface area contributed by atoms with Crippen LogP contribution in [0.4, 0.5) is 0 Å². The van der Waals surface area contributed by atoms with Crippen LogP contribution in [0.15, 0.2) is 18.2 Å². The van der Waals surface area contributed by atoms with E-state index in [9.17, 15) is 4.79 Å². The number of hydrogen-bond acceptors (Lipinski definition) is 4. The summed E-state index contributed by atoms with van der Waals surface area (Å²) >= 11 is 0. The quantitative estimate of drug-likeness (QED) is 0.745. The van der Waals surface area contributed by atoms with Gasteiger partial charge in [0.1, 0.15) is 11.5 Å². The third kappa shape index (κ3) is 1.80. The standard InChI is InChI=1S/C11H13NO3/c1-14-7-2-3-10-8(6-7)11(13)9(12)4-5-15-10/h2-3,6,9H,4-5,12H2,1H3. The van der Waals surface area contributed by atoms with E-state index in [2.05, 4.69) is 0 Å². The van der Waals surface area contributed by atoms with Crippen molar-refractivity contribution < 1.29 is 14.3 Å². The lowest BCUT2D eigenvalue weighted by Gasteiger charge is -2.08. The maximum absolute atomic E-state index is 11.8. The smallest absolute Gasteiger partial charge is 0.183 e. The fraction of sp³-hybridized carbons (Fsp3) is 0.364. The van der Waals surface area contributed by atoms with Crippen LogP contribution < -0.4 is 15.2 Å². The third-order valence-corrected chi connectivity index (χ3v) is 2.48. The van der Waals surface area contributed by atoms with Crippen molar-refractivity contribution in [1.82, 2.24) is 0 Å². The lowest BCUT2D eigenvalue weighted by Crippen LogP contribution is -2.30. The molecule has 0 aromatic heterocycles. The Morgan fingerprint density at radius 2 is 2.33 bits per heavy atom. The van der Waals surface area contributed by atoms with Crippen molar-refractivity contribution in [3.05, 3.63) is 23.8 Å². The second-order valence-corrected chi connectivity index (χ2v) is 3.47. The molecule has 1 atom stereocenters. The van der Waals surface area contributed by atoms with Gasteiger partial charge in [0, 0.05) is 6.42 Å². The number of rotatable bonds is 1. The summed E-state index contributed by atoms with van der Waals surface area (Å²) in [4.78, 5) is 11.8. The monoisotopic (exact) mass is 207 g/mol. The number of methoxy groups -OCH3 is 1.